The van der Waals surface area contributed by atoms with Crippen LogP contribution in [0.3, 0.4) is 0 Å². The Bertz CT molecular complexity index is 1350. The number of nitrogens with zero attached hydrogens (tertiary/aromatic N) is 2. The highest BCUT2D eigenvalue weighted by Crippen LogP contribution is 2.21. The van der Waals surface area contributed by atoms with Crippen LogP contribution in [0.2, 0.25) is 0 Å². The van der Waals surface area contributed by atoms with Crippen molar-refractivity contribution in [3.63, 3.8) is 0 Å². The molecule has 0 radical (unpaired) electrons. The van der Waals surface area contributed by atoms with Crippen molar-refractivity contribution in [2.75, 3.05) is 18.4 Å². The molecule has 35 heavy (non-hydrogen) atoms. The van der Waals surface area contributed by atoms with Crippen LogP contribution < -0.4 is 5.32 Å². The number of benzene rings is 2. The van der Waals surface area contributed by atoms with Gasteiger partial charge in [0.2, 0.25) is 15.9 Å². The number of nitrogens with one attached hydrogen (secondary N) is 1. The van der Waals surface area contributed by atoms with E-state index in [0.29, 0.717) is 24.5 Å². The summed E-state index contributed by atoms with van der Waals surface area (Å²) in [6.07, 6.45) is 8.70. The Morgan fingerprint density at radius 1 is 0.914 bits per heavy atom. The van der Waals surface area contributed by atoms with Gasteiger partial charge in [0, 0.05) is 36.6 Å². The van der Waals surface area contributed by atoms with Crippen molar-refractivity contribution in [3.8, 4) is 11.8 Å². The number of hydrogen-bond acceptors (Lipinski definition) is 4. The number of anilines is 1. The first kappa shape index (κ1) is 24.4. The second-order valence-electron chi connectivity index (χ2n) is 8.26. The Morgan fingerprint density at radius 3 is 2.40 bits per heavy atom. The Hall–Kier alpha value is -3.73. The summed E-state index contributed by atoms with van der Waals surface area (Å²) in [5, 5.41) is 2.82. The Kier molecular flexibility index (Phi) is 8.09. The van der Waals surface area contributed by atoms with Crippen LogP contribution in [0.1, 0.15) is 42.5 Å². The van der Waals surface area contributed by atoms with E-state index in [0.717, 1.165) is 36.8 Å². The van der Waals surface area contributed by atoms with E-state index >= 15 is 0 Å². The van der Waals surface area contributed by atoms with Gasteiger partial charge < -0.3 is 5.32 Å². The van der Waals surface area contributed by atoms with Gasteiger partial charge in [0.25, 0.3) is 0 Å². The molecule has 2 aromatic carbocycles. The van der Waals surface area contributed by atoms with Gasteiger partial charge in [-0.2, -0.15) is 4.31 Å². The monoisotopic (exact) mass is 485 g/mol. The minimum atomic E-state index is -3.49. The number of rotatable bonds is 5. The summed E-state index contributed by atoms with van der Waals surface area (Å²) >= 11 is 0. The van der Waals surface area contributed by atoms with Crippen molar-refractivity contribution in [3.05, 3.63) is 95.8 Å². The summed E-state index contributed by atoms with van der Waals surface area (Å²) in [7, 11) is -3.49. The number of amides is 1. The second kappa shape index (κ2) is 11.6. The molecular formula is C28H27N3O3S. The predicted molar refractivity (Wildman–Crippen MR) is 138 cm³/mol. The third-order valence-electron chi connectivity index (χ3n) is 5.64. The zero-order chi connectivity index (χ0) is 24.5. The molecule has 1 amide bonds. The first-order valence-corrected chi connectivity index (χ1v) is 13.1. The van der Waals surface area contributed by atoms with Crippen LogP contribution in [-0.4, -0.2) is 36.7 Å². The number of carbonyl (C=O) groups excluding carboxylic acids is 1. The van der Waals surface area contributed by atoms with Crippen LogP contribution in [-0.2, 0) is 14.8 Å². The third kappa shape index (κ3) is 6.89. The molecule has 1 saturated heterocycles. The Labute approximate surface area is 206 Å². The molecule has 0 spiro atoms. The molecule has 4 rings (SSSR count). The van der Waals surface area contributed by atoms with Crippen molar-refractivity contribution in [2.45, 2.75) is 30.6 Å². The summed E-state index contributed by atoms with van der Waals surface area (Å²) in [6.45, 7) is 1.14. The molecule has 0 saturated carbocycles. The number of sulfonamides is 1. The van der Waals surface area contributed by atoms with E-state index in [1.807, 2.05) is 30.3 Å². The molecule has 1 aliphatic heterocycles. The number of hydrogen-bond donors (Lipinski definition) is 1. The molecule has 1 aromatic heterocycles. The van der Waals surface area contributed by atoms with Crippen molar-refractivity contribution in [1.82, 2.24) is 9.29 Å². The summed E-state index contributed by atoms with van der Waals surface area (Å²) in [4.78, 5) is 16.9. The standard InChI is InChI=1S/C28H27N3O3S/c32-28(30-26-10-7-8-24(22-26)11-15-25-9-3-4-19-29-25)18-14-23-12-16-27(17-13-23)35(33,34)31-20-5-1-2-6-21-31/h3-4,7-10,12-14,16-19,22H,1-2,5-6,20-21H2,(H,30,32)/b18-14+. The molecule has 1 aliphatic rings. The SMILES string of the molecule is O=C(/C=C/c1ccc(S(=O)(=O)N2CCCCCC2)cc1)Nc1cccc(C#Cc2ccccn2)c1. The maximum absolute atomic E-state index is 12.9. The predicted octanol–water partition coefficient (Wildman–Crippen LogP) is 4.70. The van der Waals surface area contributed by atoms with E-state index in [2.05, 4.69) is 22.1 Å². The zero-order valence-electron chi connectivity index (χ0n) is 19.4. The molecule has 178 valence electrons. The summed E-state index contributed by atoms with van der Waals surface area (Å²) in [5.41, 5.74) is 2.81. The largest absolute Gasteiger partial charge is 0.322 e. The second-order valence-corrected chi connectivity index (χ2v) is 10.2. The van der Waals surface area contributed by atoms with E-state index in [9.17, 15) is 13.2 Å². The molecule has 7 heteroatoms. The molecule has 0 bridgehead atoms. The highest BCUT2D eigenvalue weighted by molar-refractivity contribution is 7.89. The van der Waals surface area contributed by atoms with Gasteiger partial charge in [-0.15, -0.1) is 0 Å². The van der Waals surface area contributed by atoms with E-state index in [4.69, 9.17) is 0 Å². The van der Waals surface area contributed by atoms with E-state index in [-0.39, 0.29) is 10.8 Å². The lowest BCUT2D eigenvalue weighted by Gasteiger charge is -2.19. The van der Waals surface area contributed by atoms with Gasteiger partial charge in [0.05, 0.1) is 4.90 Å². The molecule has 2 heterocycles. The van der Waals surface area contributed by atoms with Gasteiger partial charge in [0.15, 0.2) is 0 Å². The van der Waals surface area contributed by atoms with Crippen LogP contribution in [0.4, 0.5) is 5.69 Å². The molecule has 0 unspecified atom stereocenters. The van der Waals surface area contributed by atoms with Gasteiger partial charge >= 0.3 is 0 Å². The van der Waals surface area contributed by atoms with Crippen molar-refractivity contribution < 1.29 is 13.2 Å². The van der Waals surface area contributed by atoms with Crippen molar-refractivity contribution >= 4 is 27.7 Å². The summed E-state index contributed by atoms with van der Waals surface area (Å²) < 4.78 is 27.4. The summed E-state index contributed by atoms with van der Waals surface area (Å²) in [5.74, 6) is 5.75. The topological polar surface area (TPSA) is 79.4 Å². The quantitative estimate of drug-likeness (QED) is 0.420. The lowest BCUT2D eigenvalue weighted by Crippen LogP contribution is -2.31. The molecule has 3 aromatic rings. The molecule has 0 aliphatic carbocycles. The zero-order valence-corrected chi connectivity index (χ0v) is 20.2. The van der Waals surface area contributed by atoms with Crippen LogP contribution in [0.15, 0.2) is 83.9 Å². The lowest BCUT2D eigenvalue weighted by atomic mass is 10.2. The van der Waals surface area contributed by atoms with Crippen molar-refractivity contribution in [1.29, 1.82) is 0 Å². The smallest absolute Gasteiger partial charge is 0.248 e. The first-order valence-electron chi connectivity index (χ1n) is 11.6. The first-order chi connectivity index (χ1) is 17.0. The normalized spacial score (nSPS) is 14.6. The maximum Gasteiger partial charge on any atom is 0.248 e. The maximum atomic E-state index is 12.9. The van der Waals surface area contributed by atoms with Crippen LogP contribution in [0.25, 0.3) is 6.08 Å². The molecule has 1 N–H and O–H groups in total. The van der Waals surface area contributed by atoms with Gasteiger partial charge in [-0.1, -0.05) is 43.0 Å². The molecular weight excluding hydrogens is 458 g/mol. The average Bonchev–Trinajstić information content (AvgIpc) is 3.18. The lowest BCUT2D eigenvalue weighted by molar-refractivity contribution is -0.111. The fraction of sp³-hybridized carbons (Fsp3) is 0.214. The van der Waals surface area contributed by atoms with E-state index in [1.165, 1.54) is 6.08 Å². The number of pyridine rings is 1. The molecule has 0 atom stereocenters. The van der Waals surface area contributed by atoms with Crippen LogP contribution >= 0.6 is 0 Å². The fourth-order valence-corrected chi connectivity index (χ4v) is 5.30. The van der Waals surface area contributed by atoms with Gasteiger partial charge in [0.1, 0.15) is 5.69 Å². The van der Waals surface area contributed by atoms with Crippen LogP contribution in [0.5, 0.6) is 0 Å². The minimum Gasteiger partial charge on any atom is -0.322 e. The average molecular weight is 486 g/mol. The van der Waals surface area contributed by atoms with E-state index in [1.54, 1.807) is 53.0 Å². The van der Waals surface area contributed by atoms with Gasteiger partial charge in [-0.3, -0.25) is 4.79 Å². The Morgan fingerprint density at radius 2 is 1.69 bits per heavy atom. The van der Waals surface area contributed by atoms with E-state index < -0.39 is 10.0 Å². The fourth-order valence-electron chi connectivity index (χ4n) is 3.79. The minimum absolute atomic E-state index is 0.282. The molecule has 1 fully saturated rings. The Balaban J connectivity index is 1.37. The highest BCUT2D eigenvalue weighted by atomic mass is 32.2. The van der Waals surface area contributed by atoms with Crippen LogP contribution in [0, 0.1) is 11.8 Å². The molecule has 6 nitrogen and oxygen atoms in total. The van der Waals surface area contributed by atoms with Gasteiger partial charge in [-0.05, 0) is 72.9 Å². The third-order valence-corrected chi connectivity index (χ3v) is 7.55. The number of carbonyl (C=O) groups is 1. The van der Waals surface area contributed by atoms with Crippen molar-refractivity contribution in [2.24, 2.45) is 0 Å². The number of aromatic nitrogens is 1. The summed E-state index contributed by atoms with van der Waals surface area (Å²) in [6, 6.07) is 19.4. The highest BCUT2D eigenvalue weighted by Gasteiger charge is 2.24. The van der Waals surface area contributed by atoms with Gasteiger partial charge in [-0.25, -0.2) is 13.4 Å².